The van der Waals surface area contributed by atoms with Crippen molar-refractivity contribution < 1.29 is 0 Å². The maximum atomic E-state index is 5.71. The standard InChI is InChI=1S/C10H17NS/c1-2-3-5-9(8-11)10-6-4-7-12-10/h4,6-7,9H,2-3,5,8,11H2,1H3/t9-/m1/s1. The van der Waals surface area contributed by atoms with Crippen molar-refractivity contribution in [2.45, 2.75) is 32.1 Å². The van der Waals surface area contributed by atoms with Gasteiger partial charge in [-0.15, -0.1) is 11.3 Å². The van der Waals surface area contributed by atoms with Crippen LogP contribution in [0, 0.1) is 0 Å². The van der Waals surface area contributed by atoms with Gasteiger partial charge in [0.25, 0.3) is 0 Å². The largest absolute Gasteiger partial charge is 0.330 e. The summed E-state index contributed by atoms with van der Waals surface area (Å²) < 4.78 is 0. The Hall–Kier alpha value is -0.340. The second-order valence-corrected chi connectivity index (χ2v) is 4.07. The summed E-state index contributed by atoms with van der Waals surface area (Å²) in [6, 6.07) is 4.30. The average Bonchev–Trinajstić information content (AvgIpc) is 2.59. The number of unbranched alkanes of at least 4 members (excludes halogenated alkanes) is 1. The van der Waals surface area contributed by atoms with Crippen molar-refractivity contribution in [1.29, 1.82) is 0 Å². The van der Waals surface area contributed by atoms with Gasteiger partial charge in [-0.05, 0) is 24.4 Å². The summed E-state index contributed by atoms with van der Waals surface area (Å²) in [5.41, 5.74) is 5.71. The molecule has 1 atom stereocenters. The van der Waals surface area contributed by atoms with Crippen molar-refractivity contribution in [2.24, 2.45) is 5.73 Å². The Bertz CT molecular complexity index is 194. The Morgan fingerprint density at radius 2 is 2.42 bits per heavy atom. The molecule has 0 aliphatic rings. The fourth-order valence-corrected chi connectivity index (χ4v) is 2.23. The van der Waals surface area contributed by atoms with Crippen LogP contribution >= 0.6 is 11.3 Å². The van der Waals surface area contributed by atoms with Crippen molar-refractivity contribution in [1.82, 2.24) is 0 Å². The van der Waals surface area contributed by atoms with Gasteiger partial charge in [0.15, 0.2) is 0 Å². The molecule has 1 heterocycles. The molecule has 1 rings (SSSR count). The van der Waals surface area contributed by atoms with E-state index in [1.54, 1.807) is 0 Å². The summed E-state index contributed by atoms with van der Waals surface area (Å²) in [7, 11) is 0. The SMILES string of the molecule is CCCC[C@H](CN)c1cccs1. The van der Waals surface area contributed by atoms with Crippen LogP contribution in [-0.2, 0) is 0 Å². The third kappa shape index (κ3) is 2.61. The molecule has 0 radical (unpaired) electrons. The van der Waals surface area contributed by atoms with Crippen LogP contribution in [0.15, 0.2) is 17.5 Å². The molecular weight excluding hydrogens is 166 g/mol. The van der Waals surface area contributed by atoms with Crippen LogP contribution in [0.2, 0.25) is 0 Å². The molecule has 1 aromatic heterocycles. The van der Waals surface area contributed by atoms with E-state index in [4.69, 9.17) is 5.73 Å². The Balaban J connectivity index is 2.45. The quantitative estimate of drug-likeness (QED) is 0.746. The first-order valence-electron chi connectivity index (χ1n) is 4.62. The zero-order valence-electron chi connectivity index (χ0n) is 7.62. The Kier molecular flexibility index (Phi) is 4.33. The molecule has 0 unspecified atom stereocenters. The first kappa shape index (κ1) is 9.75. The first-order chi connectivity index (χ1) is 5.88. The lowest BCUT2D eigenvalue weighted by Gasteiger charge is -2.11. The summed E-state index contributed by atoms with van der Waals surface area (Å²) in [4.78, 5) is 1.45. The lowest BCUT2D eigenvalue weighted by atomic mass is 10.0. The highest BCUT2D eigenvalue weighted by Gasteiger charge is 2.08. The maximum absolute atomic E-state index is 5.71. The molecule has 1 nitrogen and oxygen atoms in total. The molecule has 0 bridgehead atoms. The molecule has 0 spiro atoms. The van der Waals surface area contributed by atoms with E-state index in [0.717, 1.165) is 6.54 Å². The molecule has 0 aliphatic heterocycles. The zero-order valence-corrected chi connectivity index (χ0v) is 8.44. The minimum absolute atomic E-state index is 0.602. The van der Waals surface area contributed by atoms with Gasteiger partial charge in [0.2, 0.25) is 0 Å². The van der Waals surface area contributed by atoms with Gasteiger partial charge in [0, 0.05) is 10.8 Å². The number of hydrogen-bond donors (Lipinski definition) is 1. The molecule has 2 heteroatoms. The van der Waals surface area contributed by atoms with Crippen molar-refractivity contribution in [2.75, 3.05) is 6.54 Å². The molecule has 68 valence electrons. The minimum atomic E-state index is 0.602. The van der Waals surface area contributed by atoms with Gasteiger partial charge in [-0.1, -0.05) is 25.8 Å². The molecule has 12 heavy (non-hydrogen) atoms. The molecule has 0 aliphatic carbocycles. The normalized spacial score (nSPS) is 13.2. The second-order valence-electron chi connectivity index (χ2n) is 3.09. The molecule has 1 aromatic rings. The van der Waals surface area contributed by atoms with Crippen LogP contribution in [0.4, 0.5) is 0 Å². The molecule has 0 fully saturated rings. The van der Waals surface area contributed by atoms with Gasteiger partial charge < -0.3 is 5.73 Å². The Morgan fingerprint density at radius 3 is 2.92 bits per heavy atom. The third-order valence-corrected chi connectivity index (χ3v) is 3.17. The van der Waals surface area contributed by atoms with E-state index >= 15 is 0 Å². The maximum Gasteiger partial charge on any atom is 0.00887 e. The second kappa shape index (κ2) is 5.33. The van der Waals surface area contributed by atoms with E-state index < -0.39 is 0 Å². The van der Waals surface area contributed by atoms with Crippen LogP contribution in [0.5, 0.6) is 0 Å². The van der Waals surface area contributed by atoms with E-state index in [1.807, 2.05) is 11.3 Å². The molecule has 0 aromatic carbocycles. The summed E-state index contributed by atoms with van der Waals surface area (Å²) in [5, 5.41) is 2.13. The summed E-state index contributed by atoms with van der Waals surface area (Å²) in [5.74, 6) is 0.602. The third-order valence-electron chi connectivity index (χ3n) is 2.14. The monoisotopic (exact) mass is 183 g/mol. The predicted octanol–water partition coefficient (Wildman–Crippen LogP) is 2.98. The van der Waals surface area contributed by atoms with Gasteiger partial charge in [-0.25, -0.2) is 0 Å². The fourth-order valence-electron chi connectivity index (χ4n) is 1.35. The minimum Gasteiger partial charge on any atom is -0.330 e. The molecule has 2 N–H and O–H groups in total. The lowest BCUT2D eigenvalue weighted by Crippen LogP contribution is -2.11. The Morgan fingerprint density at radius 1 is 1.58 bits per heavy atom. The van der Waals surface area contributed by atoms with E-state index in [0.29, 0.717) is 5.92 Å². The van der Waals surface area contributed by atoms with E-state index in [2.05, 4.69) is 24.4 Å². The fraction of sp³-hybridized carbons (Fsp3) is 0.600. The van der Waals surface area contributed by atoms with Gasteiger partial charge in [0.1, 0.15) is 0 Å². The van der Waals surface area contributed by atoms with Crippen LogP contribution in [0.25, 0.3) is 0 Å². The number of nitrogens with two attached hydrogens (primary N) is 1. The van der Waals surface area contributed by atoms with E-state index in [1.165, 1.54) is 24.1 Å². The number of rotatable bonds is 5. The highest BCUT2D eigenvalue weighted by molar-refractivity contribution is 7.10. The molecular formula is C10H17NS. The van der Waals surface area contributed by atoms with E-state index in [-0.39, 0.29) is 0 Å². The lowest BCUT2D eigenvalue weighted by molar-refractivity contribution is 0.599. The van der Waals surface area contributed by atoms with Gasteiger partial charge in [-0.2, -0.15) is 0 Å². The van der Waals surface area contributed by atoms with Crippen molar-refractivity contribution in [3.05, 3.63) is 22.4 Å². The highest BCUT2D eigenvalue weighted by Crippen LogP contribution is 2.24. The summed E-state index contributed by atoms with van der Waals surface area (Å²) in [6.45, 7) is 3.02. The van der Waals surface area contributed by atoms with Crippen LogP contribution in [0.3, 0.4) is 0 Å². The van der Waals surface area contributed by atoms with Crippen LogP contribution < -0.4 is 5.73 Å². The van der Waals surface area contributed by atoms with Gasteiger partial charge in [-0.3, -0.25) is 0 Å². The topological polar surface area (TPSA) is 26.0 Å². The summed E-state index contributed by atoms with van der Waals surface area (Å²) in [6.07, 6.45) is 3.80. The zero-order chi connectivity index (χ0) is 8.81. The molecule has 0 saturated carbocycles. The van der Waals surface area contributed by atoms with Crippen molar-refractivity contribution >= 4 is 11.3 Å². The smallest absolute Gasteiger partial charge is 0.00887 e. The Labute approximate surface area is 78.6 Å². The van der Waals surface area contributed by atoms with Crippen molar-refractivity contribution in [3.63, 3.8) is 0 Å². The summed E-state index contributed by atoms with van der Waals surface area (Å²) >= 11 is 1.83. The number of hydrogen-bond acceptors (Lipinski definition) is 2. The molecule has 0 amide bonds. The highest BCUT2D eigenvalue weighted by atomic mass is 32.1. The first-order valence-corrected chi connectivity index (χ1v) is 5.50. The van der Waals surface area contributed by atoms with Crippen molar-refractivity contribution in [3.8, 4) is 0 Å². The van der Waals surface area contributed by atoms with Crippen LogP contribution in [0.1, 0.15) is 37.0 Å². The predicted molar refractivity (Wildman–Crippen MR) is 55.6 cm³/mol. The number of thiophene rings is 1. The van der Waals surface area contributed by atoms with E-state index in [9.17, 15) is 0 Å². The molecule has 0 saturated heterocycles. The van der Waals surface area contributed by atoms with Gasteiger partial charge in [0.05, 0.1) is 0 Å². The van der Waals surface area contributed by atoms with Crippen LogP contribution in [-0.4, -0.2) is 6.54 Å². The van der Waals surface area contributed by atoms with Gasteiger partial charge >= 0.3 is 0 Å². The average molecular weight is 183 g/mol.